The van der Waals surface area contributed by atoms with Gasteiger partial charge in [-0.05, 0) is 18.3 Å². The molecular weight excluding hydrogens is 312 g/mol. The number of carbonyl (C=O) groups excluding carboxylic acids is 3. The summed E-state index contributed by atoms with van der Waals surface area (Å²) in [6.45, 7) is 6.17. The van der Waals surface area contributed by atoms with Gasteiger partial charge in [0, 0.05) is 25.7 Å². The van der Waals surface area contributed by atoms with Gasteiger partial charge in [0.2, 0.25) is 0 Å². The predicted molar refractivity (Wildman–Crippen MR) is 103 cm³/mol. The number of rotatable bonds is 13. The third-order valence-corrected chi connectivity index (χ3v) is 5.35. The molecule has 0 amide bonds. The second kappa shape index (κ2) is 11.6. The Morgan fingerprint density at radius 3 is 1.84 bits per heavy atom. The minimum atomic E-state index is -0.514. The van der Waals surface area contributed by atoms with E-state index in [1.54, 1.807) is 0 Å². The fourth-order valence-corrected chi connectivity index (χ4v) is 3.82. The number of Topliss-reactive ketones (excluding diaryl/α,β-unsaturated/α-hetero) is 3. The van der Waals surface area contributed by atoms with Crippen molar-refractivity contribution in [2.24, 2.45) is 11.3 Å². The van der Waals surface area contributed by atoms with E-state index < -0.39 is 5.92 Å². The van der Waals surface area contributed by atoms with Crippen LogP contribution in [0.4, 0.5) is 0 Å². The topological polar surface area (TPSA) is 51.2 Å². The smallest absolute Gasteiger partial charge is 0.143 e. The van der Waals surface area contributed by atoms with Crippen LogP contribution in [0.5, 0.6) is 0 Å². The molecule has 0 unspecified atom stereocenters. The normalized spacial score (nSPS) is 17.9. The van der Waals surface area contributed by atoms with Gasteiger partial charge in [0.05, 0.1) is 5.92 Å². The van der Waals surface area contributed by atoms with Crippen molar-refractivity contribution >= 4 is 17.3 Å². The van der Waals surface area contributed by atoms with Crippen molar-refractivity contribution in [2.75, 3.05) is 0 Å². The van der Waals surface area contributed by atoms with Gasteiger partial charge in [0.15, 0.2) is 0 Å². The van der Waals surface area contributed by atoms with Gasteiger partial charge in [-0.15, -0.1) is 0 Å². The van der Waals surface area contributed by atoms with Gasteiger partial charge in [-0.2, -0.15) is 0 Å². The number of hydrogen-bond donors (Lipinski definition) is 0. The van der Waals surface area contributed by atoms with Crippen LogP contribution in [0.2, 0.25) is 0 Å². The van der Waals surface area contributed by atoms with E-state index >= 15 is 0 Å². The van der Waals surface area contributed by atoms with E-state index in [4.69, 9.17) is 0 Å². The van der Waals surface area contributed by atoms with Gasteiger partial charge in [0.25, 0.3) is 0 Å². The average Bonchev–Trinajstić information content (AvgIpc) is 2.51. The van der Waals surface area contributed by atoms with Crippen LogP contribution in [0.3, 0.4) is 0 Å². The van der Waals surface area contributed by atoms with Crippen LogP contribution < -0.4 is 0 Å². The fourth-order valence-electron chi connectivity index (χ4n) is 3.82. The molecular formula is C22H38O3. The lowest BCUT2D eigenvalue weighted by atomic mass is 9.70. The van der Waals surface area contributed by atoms with E-state index in [1.165, 1.54) is 44.9 Å². The third-order valence-electron chi connectivity index (χ3n) is 5.35. The number of hydrogen-bond acceptors (Lipinski definition) is 3. The molecule has 0 bridgehead atoms. The minimum absolute atomic E-state index is 0.0390. The van der Waals surface area contributed by atoms with Gasteiger partial charge in [-0.3, -0.25) is 14.4 Å². The lowest BCUT2D eigenvalue weighted by Crippen LogP contribution is -2.37. The summed E-state index contributed by atoms with van der Waals surface area (Å²) in [6.07, 6.45) is 13.6. The van der Waals surface area contributed by atoms with Crippen LogP contribution in [-0.2, 0) is 14.4 Å². The molecule has 0 N–H and O–H groups in total. The first-order valence-electron chi connectivity index (χ1n) is 10.4. The minimum Gasteiger partial charge on any atom is -0.300 e. The number of ketones is 3. The van der Waals surface area contributed by atoms with Crippen LogP contribution in [0, 0.1) is 11.3 Å². The Kier molecular flexibility index (Phi) is 10.2. The zero-order valence-corrected chi connectivity index (χ0v) is 16.7. The largest absolute Gasteiger partial charge is 0.300 e. The highest BCUT2D eigenvalue weighted by molar-refractivity contribution is 6.05. The van der Waals surface area contributed by atoms with Crippen molar-refractivity contribution in [3.8, 4) is 0 Å². The van der Waals surface area contributed by atoms with Crippen molar-refractivity contribution < 1.29 is 14.4 Å². The van der Waals surface area contributed by atoms with E-state index in [2.05, 4.69) is 6.92 Å². The van der Waals surface area contributed by atoms with Crippen molar-refractivity contribution in [1.29, 1.82) is 0 Å². The molecule has 0 saturated heterocycles. The molecule has 0 aliphatic heterocycles. The Balaban J connectivity index is 2.07. The van der Waals surface area contributed by atoms with Crippen LogP contribution in [0.1, 0.15) is 111 Å². The van der Waals surface area contributed by atoms with Crippen LogP contribution >= 0.6 is 0 Å². The summed E-state index contributed by atoms with van der Waals surface area (Å²) in [4.78, 5) is 36.3. The summed E-state index contributed by atoms with van der Waals surface area (Å²) in [7, 11) is 0. The van der Waals surface area contributed by atoms with Crippen LogP contribution in [0.25, 0.3) is 0 Å². The Morgan fingerprint density at radius 1 is 0.840 bits per heavy atom. The molecule has 1 aliphatic carbocycles. The van der Waals surface area contributed by atoms with Crippen LogP contribution in [-0.4, -0.2) is 17.3 Å². The summed E-state index contributed by atoms with van der Waals surface area (Å²) in [5.41, 5.74) is -0.203. The molecule has 0 heterocycles. The summed E-state index contributed by atoms with van der Waals surface area (Å²) in [6, 6.07) is 0. The van der Waals surface area contributed by atoms with Crippen molar-refractivity contribution in [2.45, 2.75) is 111 Å². The van der Waals surface area contributed by atoms with E-state index in [0.717, 1.165) is 12.8 Å². The number of carbonyl (C=O) groups is 3. The van der Waals surface area contributed by atoms with Gasteiger partial charge in [-0.25, -0.2) is 0 Å². The van der Waals surface area contributed by atoms with E-state index in [0.29, 0.717) is 32.1 Å². The monoisotopic (exact) mass is 350 g/mol. The molecule has 25 heavy (non-hydrogen) atoms. The highest BCUT2D eigenvalue weighted by atomic mass is 16.2. The van der Waals surface area contributed by atoms with Crippen molar-refractivity contribution in [3.63, 3.8) is 0 Å². The van der Waals surface area contributed by atoms with Gasteiger partial charge >= 0.3 is 0 Å². The van der Waals surface area contributed by atoms with Gasteiger partial charge in [0.1, 0.15) is 17.3 Å². The highest BCUT2D eigenvalue weighted by Crippen LogP contribution is 2.35. The maximum atomic E-state index is 12.1. The lowest BCUT2D eigenvalue weighted by molar-refractivity contribution is -0.139. The van der Waals surface area contributed by atoms with Crippen molar-refractivity contribution in [1.82, 2.24) is 0 Å². The molecule has 0 aromatic carbocycles. The molecule has 1 aliphatic rings. The molecule has 0 atom stereocenters. The first-order chi connectivity index (χ1) is 11.9. The molecule has 0 spiro atoms. The summed E-state index contributed by atoms with van der Waals surface area (Å²) in [5, 5.41) is 0. The maximum Gasteiger partial charge on any atom is 0.143 e. The van der Waals surface area contributed by atoms with Gasteiger partial charge < -0.3 is 0 Å². The Labute approximate surface area is 154 Å². The second-order valence-electron chi connectivity index (χ2n) is 8.66. The summed E-state index contributed by atoms with van der Waals surface area (Å²) < 4.78 is 0. The summed E-state index contributed by atoms with van der Waals surface area (Å²) in [5.74, 6) is -0.220. The first-order valence-corrected chi connectivity index (χ1v) is 10.4. The SMILES string of the molecule is CCCCCCCCCCCC(=O)CCC1C(=O)CC(C)(C)CC1=O. The Hall–Kier alpha value is -0.990. The maximum absolute atomic E-state index is 12.1. The van der Waals surface area contributed by atoms with E-state index in [1.807, 2.05) is 13.8 Å². The quantitative estimate of drug-likeness (QED) is 0.310. The average molecular weight is 351 g/mol. The lowest BCUT2D eigenvalue weighted by Gasteiger charge is -2.31. The molecule has 0 radical (unpaired) electrons. The second-order valence-corrected chi connectivity index (χ2v) is 8.66. The highest BCUT2D eigenvalue weighted by Gasteiger charge is 2.39. The zero-order valence-electron chi connectivity index (χ0n) is 16.7. The number of unbranched alkanes of at least 4 members (excludes halogenated alkanes) is 8. The predicted octanol–water partition coefficient (Wildman–Crippen LogP) is 5.83. The molecule has 0 aromatic heterocycles. The third kappa shape index (κ3) is 9.32. The van der Waals surface area contributed by atoms with E-state index in [9.17, 15) is 14.4 Å². The molecule has 144 valence electrons. The molecule has 1 rings (SSSR count). The van der Waals surface area contributed by atoms with Gasteiger partial charge in [-0.1, -0.05) is 72.1 Å². The molecule has 1 saturated carbocycles. The molecule has 3 nitrogen and oxygen atoms in total. The Morgan fingerprint density at radius 2 is 1.32 bits per heavy atom. The Bertz CT molecular complexity index is 417. The molecule has 0 aromatic rings. The summed E-state index contributed by atoms with van der Waals surface area (Å²) >= 11 is 0. The van der Waals surface area contributed by atoms with Crippen molar-refractivity contribution in [3.05, 3.63) is 0 Å². The fraction of sp³-hybridized carbons (Fsp3) is 0.864. The zero-order chi connectivity index (χ0) is 18.7. The molecule has 1 fully saturated rings. The van der Waals surface area contributed by atoms with Crippen LogP contribution in [0.15, 0.2) is 0 Å². The standard InChI is InChI=1S/C22H38O3/c1-4-5-6-7-8-9-10-11-12-13-18(23)14-15-19-20(24)16-22(2,3)17-21(19)25/h19H,4-17H2,1-3H3. The molecule has 3 heteroatoms. The van der Waals surface area contributed by atoms with E-state index in [-0.39, 0.29) is 22.8 Å². The first kappa shape index (κ1) is 22.1.